The number of methoxy groups -OCH3 is 1. The van der Waals surface area contributed by atoms with Gasteiger partial charge in [-0.25, -0.2) is 20.7 Å². The molecule has 0 bridgehead atoms. The standard InChI is InChI=1S/C48H80N8O15/c1-14-26(5)38(59)28(7)24-29(8)39-27(6)20-21-48(68,71-39)47(67,15-2)46(66)52-36(37(58)25(3)4)44(64)55-34(19-17-23-50-55)43(63)56(69)31(10)41(61)53(12)30(9)42(62)54-33(18-16-22-49-54)40(60)51-35(32(11)57)45(65)70-13/h14,24-25,27-28,30-37,39,49-50,57-58,67-69H,15-23H2,1-13H3,(H,51,60)(H,52,66)/b26-14+,29-24+/t27-,28-,30+,31-,32-,33-,34+,35+,36-,37-,39-,47+,48+/m0/s1. The Hall–Kier alpha value is -4.88. The molecule has 0 radical (unpaired) electrons. The molecule has 3 rings (SSSR count). The van der Waals surface area contributed by atoms with Gasteiger partial charge < -0.3 is 45.4 Å². The Kier molecular flexibility index (Phi) is 21.8. The third-order valence-electron chi connectivity index (χ3n) is 14.1. The van der Waals surface area contributed by atoms with Crippen LogP contribution in [0.3, 0.4) is 0 Å². The molecule has 3 aliphatic rings. The lowest BCUT2D eigenvalue weighted by Gasteiger charge is -2.49. The van der Waals surface area contributed by atoms with Crippen LogP contribution in [-0.4, -0.2) is 186 Å². The van der Waals surface area contributed by atoms with E-state index >= 15 is 0 Å². The Morgan fingerprint density at radius 1 is 0.887 bits per heavy atom. The van der Waals surface area contributed by atoms with Crippen molar-refractivity contribution >= 4 is 47.2 Å². The number of hydrogen-bond acceptors (Lipinski definition) is 17. The number of Topliss-reactive ketones (excluding diaryl/α,β-unsaturated/α-hetero) is 1. The van der Waals surface area contributed by atoms with Crippen LogP contribution in [0.25, 0.3) is 0 Å². The normalized spacial score (nSPS) is 26.1. The average molecular weight is 1010 g/mol. The van der Waals surface area contributed by atoms with Gasteiger partial charge in [-0.2, -0.15) is 0 Å². The van der Waals surface area contributed by atoms with Gasteiger partial charge in [-0.05, 0) is 103 Å². The van der Waals surface area contributed by atoms with E-state index < -0.39 is 126 Å². The van der Waals surface area contributed by atoms with Crippen LogP contribution in [-0.2, 0) is 47.8 Å². The zero-order chi connectivity index (χ0) is 54.0. The summed E-state index contributed by atoms with van der Waals surface area (Å²) >= 11 is 0. The quantitative estimate of drug-likeness (QED) is 0.0249. The fourth-order valence-electron chi connectivity index (χ4n) is 9.04. The molecule has 0 aromatic carbocycles. The maximum atomic E-state index is 14.6. The highest BCUT2D eigenvalue weighted by molar-refractivity contribution is 5.98. The Morgan fingerprint density at radius 2 is 1.45 bits per heavy atom. The summed E-state index contributed by atoms with van der Waals surface area (Å²) in [6.07, 6.45) is 0.200. The summed E-state index contributed by atoms with van der Waals surface area (Å²) in [6, 6.07) is -8.89. The average Bonchev–Trinajstić information content (AvgIpc) is 3.36. The van der Waals surface area contributed by atoms with E-state index in [4.69, 9.17) is 4.74 Å². The molecule has 13 atom stereocenters. The fraction of sp³-hybridized carbons (Fsp3) is 0.750. The highest BCUT2D eigenvalue weighted by atomic mass is 16.6. The van der Waals surface area contributed by atoms with Gasteiger partial charge in [-0.15, -0.1) is 0 Å². The molecule has 3 fully saturated rings. The van der Waals surface area contributed by atoms with E-state index in [1.165, 1.54) is 34.7 Å². The minimum absolute atomic E-state index is 0.0495. The number of ether oxygens (including phenoxy) is 2. The summed E-state index contributed by atoms with van der Waals surface area (Å²) in [5.41, 5.74) is 4.11. The number of aliphatic hydroxyl groups excluding tert-OH is 2. The summed E-state index contributed by atoms with van der Waals surface area (Å²) in [5.74, 6) is -10.8. The Balaban J connectivity index is 1.85. The van der Waals surface area contributed by atoms with Crippen LogP contribution in [0.1, 0.15) is 121 Å². The monoisotopic (exact) mass is 1010 g/mol. The number of allylic oxidation sites excluding steroid dienone is 3. The molecule has 0 aromatic rings. The van der Waals surface area contributed by atoms with Crippen molar-refractivity contribution in [2.75, 3.05) is 27.2 Å². The van der Waals surface area contributed by atoms with Gasteiger partial charge >= 0.3 is 5.97 Å². The number of hydroxylamine groups is 2. The van der Waals surface area contributed by atoms with Gasteiger partial charge in [0.1, 0.15) is 30.2 Å². The van der Waals surface area contributed by atoms with Gasteiger partial charge in [-0.3, -0.25) is 48.8 Å². The van der Waals surface area contributed by atoms with Crippen molar-refractivity contribution in [1.82, 2.24) is 41.5 Å². The number of nitrogens with zero attached hydrogens (tertiary/aromatic N) is 4. The second kappa shape index (κ2) is 25.7. The maximum absolute atomic E-state index is 14.6. The molecule has 23 heteroatoms. The molecular formula is C48H80N8O15. The minimum Gasteiger partial charge on any atom is -0.467 e. The molecule has 9 N–H and O–H groups in total. The molecule has 3 saturated heterocycles. The van der Waals surface area contributed by atoms with Gasteiger partial charge in [0.05, 0.1) is 25.4 Å². The van der Waals surface area contributed by atoms with Gasteiger partial charge in [0, 0.05) is 32.5 Å². The highest BCUT2D eigenvalue weighted by Gasteiger charge is 2.59. The van der Waals surface area contributed by atoms with Gasteiger partial charge in [0.15, 0.2) is 17.4 Å². The van der Waals surface area contributed by atoms with Crippen molar-refractivity contribution in [3.05, 3.63) is 23.3 Å². The third-order valence-corrected chi connectivity index (χ3v) is 14.1. The van der Waals surface area contributed by atoms with E-state index in [1.807, 2.05) is 6.92 Å². The fourth-order valence-corrected chi connectivity index (χ4v) is 9.04. The second-order valence-electron chi connectivity index (χ2n) is 19.6. The first kappa shape index (κ1) is 60.4. The van der Waals surface area contributed by atoms with Crippen molar-refractivity contribution < 1.29 is 73.5 Å². The number of nitrogens with one attached hydrogen (secondary N) is 4. The number of ketones is 1. The number of amides is 6. The zero-order valence-corrected chi connectivity index (χ0v) is 43.6. The molecule has 23 nitrogen and oxygen atoms in total. The van der Waals surface area contributed by atoms with Crippen molar-refractivity contribution in [3.8, 4) is 0 Å². The first-order chi connectivity index (χ1) is 33.1. The summed E-state index contributed by atoms with van der Waals surface area (Å²) in [5, 5.41) is 64.0. The largest absolute Gasteiger partial charge is 0.467 e. The number of carbonyl (C=O) groups excluding carboxylic acids is 8. The van der Waals surface area contributed by atoms with Crippen LogP contribution in [0.4, 0.5) is 0 Å². The van der Waals surface area contributed by atoms with E-state index in [9.17, 15) is 64.0 Å². The van der Waals surface area contributed by atoms with Crippen molar-refractivity contribution in [1.29, 1.82) is 0 Å². The lowest BCUT2D eigenvalue weighted by molar-refractivity contribution is -0.325. The smallest absolute Gasteiger partial charge is 0.331 e. The summed E-state index contributed by atoms with van der Waals surface area (Å²) in [6.45, 7) is 17.6. The first-order valence-electron chi connectivity index (χ1n) is 24.5. The molecule has 0 unspecified atom stereocenters. The number of likely N-dealkylation sites (N-methyl/N-ethyl adjacent to an activating group) is 1. The molecule has 0 spiro atoms. The van der Waals surface area contributed by atoms with Crippen LogP contribution in [0, 0.1) is 17.8 Å². The predicted octanol–water partition coefficient (Wildman–Crippen LogP) is -0.266. The highest BCUT2D eigenvalue weighted by Crippen LogP contribution is 2.42. The molecule has 6 amide bonds. The second-order valence-corrected chi connectivity index (χ2v) is 19.6. The van der Waals surface area contributed by atoms with Crippen molar-refractivity contribution in [2.24, 2.45) is 17.8 Å². The van der Waals surface area contributed by atoms with E-state index in [1.54, 1.807) is 53.7 Å². The van der Waals surface area contributed by atoms with Crippen LogP contribution in [0.2, 0.25) is 0 Å². The zero-order valence-electron chi connectivity index (χ0n) is 43.6. The number of hydrogen-bond donors (Lipinski definition) is 9. The van der Waals surface area contributed by atoms with E-state index in [2.05, 4.69) is 26.2 Å². The number of carbonyl (C=O) groups is 8. The minimum atomic E-state index is -2.69. The summed E-state index contributed by atoms with van der Waals surface area (Å²) < 4.78 is 10.9. The van der Waals surface area contributed by atoms with Crippen LogP contribution in [0.15, 0.2) is 23.3 Å². The molecule has 402 valence electrons. The summed E-state index contributed by atoms with van der Waals surface area (Å²) in [4.78, 5) is 110. The SMILES string of the molecule is C/C=C(\C)C(=O)[C@@H](C)/C=C(\C)[C@H]1O[C@@](O)([C@@](O)(CC)C(=O)N[C@H](C(=O)N2NCCC[C@@H]2C(=O)N(O)[C@@H](C)C(=O)N(C)[C@H](C)C(=O)N2NCCC[C@H]2C(=O)N[C@@H](C(=O)OC)[C@H](C)O)[C@@H](O)C(C)C)CC[C@@H]1C. The number of esters is 1. The Bertz CT molecular complexity index is 2020. The van der Waals surface area contributed by atoms with Crippen molar-refractivity contribution in [3.63, 3.8) is 0 Å². The molecule has 3 heterocycles. The Labute approximate surface area is 416 Å². The molecule has 3 aliphatic heterocycles. The van der Waals surface area contributed by atoms with Gasteiger partial charge in [-0.1, -0.05) is 46.8 Å². The van der Waals surface area contributed by atoms with Gasteiger partial charge in [0.2, 0.25) is 17.6 Å². The van der Waals surface area contributed by atoms with Gasteiger partial charge in [0.25, 0.3) is 23.6 Å². The molecular weight excluding hydrogens is 929 g/mol. The maximum Gasteiger partial charge on any atom is 0.331 e. The lowest BCUT2D eigenvalue weighted by Crippen LogP contribution is -2.70. The molecule has 0 aromatic heterocycles. The summed E-state index contributed by atoms with van der Waals surface area (Å²) in [7, 11) is 2.34. The van der Waals surface area contributed by atoms with E-state index in [0.717, 1.165) is 22.0 Å². The molecule has 71 heavy (non-hydrogen) atoms. The van der Waals surface area contributed by atoms with Crippen LogP contribution >= 0.6 is 0 Å². The molecule has 0 aliphatic carbocycles. The van der Waals surface area contributed by atoms with Crippen molar-refractivity contribution in [2.45, 2.75) is 187 Å². The molecule has 0 saturated carbocycles. The topological polar surface area (TPSA) is 317 Å². The number of rotatable bonds is 20. The Morgan fingerprint density at radius 3 is 1.97 bits per heavy atom. The lowest BCUT2D eigenvalue weighted by atomic mass is 9.78. The van der Waals surface area contributed by atoms with E-state index in [0.29, 0.717) is 30.4 Å². The van der Waals surface area contributed by atoms with Crippen LogP contribution < -0.4 is 21.5 Å². The third kappa shape index (κ3) is 13.6. The van der Waals surface area contributed by atoms with E-state index in [-0.39, 0.29) is 49.1 Å². The predicted molar refractivity (Wildman–Crippen MR) is 255 cm³/mol. The first-order valence-corrected chi connectivity index (χ1v) is 24.5. The number of hydrazine groups is 2. The van der Waals surface area contributed by atoms with Crippen LogP contribution in [0.5, 0.6) is 0 Å². The number of aliphatic hydroxyl groups is 4.